The van der Waals surface area contributed by atoms with E-state index in [-0.39, 0.29) is 45.6 Å². The first-order valence-electron chi connectivity index (χ1n) is 13.6. The Kier molecular flexibility index (Phi) is 9.19. The molecule has 0 spiro atoms. The summed E-state index contributed by atoms with van der Waals surface area (Å²) in [5.74, 6) is -3.63. The Morgan fingerprint density at radius 3 is 2.02 bits per heavy atom. The summed E-state index contributed by atoms with van der Waals surface area (Å²) < 4.78 is 74.9. The van der Waals surface area contributed by atoms with Crippen molar-refractivity contribution in [1.29, 1.82) is 0 Å². The van der Waals surface area contributed by atoms with Crippen LogP contribution in [0.1, 0.15) is 63.2 Å². The van der Waals surface area contributed by atoms with Crippen molar-refractivity contribution < 1.29 is 36.1 Å². The van der Waals surface area contributed by atoms with Crippen LogP contribution in [0.3, 0.4) is 0 Å². The van der Waals surface area contributed by atoms with E-state index in [4.69, 9.17) is 25.2 Å². The lowest BCUT2D eigenvalue weighted by atomic mass is 10.0. The monoisotopic (exact) mass is 655 g/mol. The van der Waals surface area contributed by atoms with Crippen molar-refractivity contribution in [1.82, 2.24) is 4.57 Å². The third kappa shape index (κ3) is 7.05. The minimum absolute atomic E-state index is 0.0470. The maximum Gasteiger partial charge on any atom is 0.477 e. The molecule has 1 aromatic heterocycles. The topological polar surface area (TPSA) is 90.3 Å². The summed E-state index contributed by atoms with van der Waals surface area (Å²) in [4.78, 5) is 29.5. The molecule has 9 nitrogen and oxygen atoms in total. The highest BCUT2D eigenvalue weighted by Gasteiger charge is 2.38. The van der Waals surface area contributed by atoms with E-state index in [0.29, 0.717) is 0 Å². The summed E-state index contributed by atoms with van der Waals surface area (Å²) >= 11 is 6.05. The third-order valence-electron chi connectivity index (χ3n) is 6.52. The van der Waals surface area contributed by atoms with Crippen molar-refractivity contribution in [3.05, 3.63) is 86.0 Å². The number of nitrogens with zero attached hydrogens (tertiary/aromatic N) is 3. The van der Waals surface area contributed by atoms with E-state index >= 15 is 0 Å². The lowest BCUT2D eigenvalue weighted by Crippen LogP contribution is -2.46. The van der Waals surface area contributed by atoms with Gasteiger partial charge in [0.2, 0.25) is 0 Å². The Morgan fingerprint density at radius 2 is 1.43 bits per heavy atom. The smallest absolute Gasteiger partial charge is 0.322 e. The number of carbonyl (C=O) groups is 1. The molecule has 0 unspecified atom stereocenters. The van der Waals surface area contributed by atoms with Crippen molar-refractivity contribution in [2.24, 2.45) is 0 Å². The van der Waals surface area contributed by atoms with E-state index in [1.807, 2.05) is 0 Å². The van der Waals surface area contributed by atoms with E-state index in [1.54, 1.807) is 48.5 Å². The number of phosphoric acid groups is 1. The molecule has 0 radical (unpaired) electrons. The zero-order valence-corrected chi connectivity index (χ0v) is 27.3. The van der Waals surface area contributed by atoms with Gasteiger partial charge in [-0.2, -0.15) is 0 Å². The number of pyridine rings is 1. The molecule has 0 saturated heterocycles. The summed E-state index contributed by atoms with van der Waals surface area (Å²) in [5.41, 5.74) is -1.70. The second-order valence-corrected chi connectivity index (χ2v) is 14.2. The van der Waals surface area contributed by atoms with Crippen LogP contribution < -0.4 is 15.4 Å². The van der Waals surface area contributed by atoms with E-state index in [9.17, 15) is 27.3 Å². The molecule has 0 fully saturated rings. The van der Waals surface area contributed by atoms with Crippen LogP contribution in [-0.2, 0) is 24.9 Å². The number of carbonyl (C=O) groups excluding carboxylic acids is 1. The zero-order chi connectivity index (χ0) is 32.9. The molecule has 0 saturated carbocycles. The summed E-state index contributed by atoms with van der Waals surface area (Å²) in [7, 11) is -4.21. The van der Waals surface area contributed by atoms with Crippen LogP contribution >= 0.6 is 19.4 Å². The highest BCUT2D eigenvalue weighted by atomic mass is 35.5. The van der Waals surface area contributed by atoms with Gasteiger partial charge >= 0.3 is 7.82 Å². The highest BCUT2D eigenvalue weighted by molar-refractivity contribution is 7.48. The van der Waals surface area contributed by atoms with Gasteiger partial charge in [-0.25, -0.2) is 17.7 Å². The summed E-state index contributed by atoms with van der Waals surface area (Å²) in [6.45, 7) is 12.1. The molecule has 0 atom stereocenters. The first-order chi connectivity index (χ1) is 20.2. The largest absolute Gasteiger partial charge is 0.477 e. The second-order valence-electron chi connectivity index (χ2n) is 12.3. The average Bonchev–Trinajstić information content (AvgIpc) is 2.87. The fourth-order valence-corrected chi connectivity index (χ4v) is 6.56. The number of anilines is 3. The molecule has 4 rings (SSSR count). The van der Waals surface area contributed by atoms with Crippen molar-refractivity contribution in [3.8, 4) is 0 Å². The fraction of sp³-hybridized carbons (Fsp3) is 0.400. The van der Waals surface area contributed by atoms with E-state index in [1.165, 1.54) is 41.0 Å². The molecule has 2 heterocycles. The number of hydrogen-bond donors (Lipinski definition) is 0. The first kappa shape index (κ1) is 33.7. The number of halogens is 4. The van der Waals surface area contributed by atoms with Crippen LogP contribution in [0.15, 0.2) is 41.2 Å². The number of hydrogen-bond acceptors (Lipinski definition) is 7. The van der Waals surface area contributed by atoms with Crippen LogP contribution in [0.5, 0.6) is 0 Å². The summed E-state index contributed by atoms with van der Waals surface area (Å²) in [5, 5.41) is -0.267. The number of phosphoric ester groups is 1. The molecular weight excluding hydrogens is 622 g/mol. The molecule has 1 amide bonds. The minimum Gasteiger partial charge on any atom is -0.322 e. The van der Waals surface area contributed by atoms with Gasteiger partial charge in [-0.15, -0.1) is 0 Å². The standard InChI is InChI=1S/C30H34ClF3N3O6P/c1-17-23(10-9-21(32)27(17)34)35-15-36(28(39)19-13-22(33)20(31)14-25(19)35)24-11-12-26(38)37(18(24)2)16-41-44(40,42-29(3,4)5)43-30(6,7)8/h9-14H,15-16H2,1-8H3. The van der Waals surface area contributed by atoms with Gasteiger partial charge in [-0.1, -0.05) is 11.6 Å². The molecule has 1 aliphatic heterocycles. The molecule has 0 N–H and O–H groups in total. The molecule has 14 heteroatoms. The SMILES string of the molecule is Cc1c(N2CN(c3ccc(=O)n(COP(=O)(OC(C)(C)C)OC(C)(C)C)c3C)C(=O)c3cc(F)c(Cl)cc32)ccc(F)c1F. The van der Waals surface area contributed by atoms with Gasteiger partial charge in [0.25, 0.3) is 11.5 Å². The normalized spacial score (nSPS) is 14.3. The van der Waals surface area contributed by atoms with Crippen molar-refractivity contribution in [3.63, 3.8) is 0 Å². The predicted molar refractivity (Wildman–Crippen MR) is 162 cm³/mol. The molecule has 2 aromatic carbocycles. The first-order valence-corrected chi connectivity index (χ1v) is 15.4. The lowest BCUT2D eigenvalue weighted by molar-refractivity contribution is -0.00671. The van der Waals surface area contributed by atoms with Gasteiger partial charge in [0.1, 0.15) is 19.2 Å². The van der Waals surface area contributed by atoms with Gasteiger partial charge in [0.15, 0.2) is 11.6 Å². The van der Waals surface area contributed by atoms with E-state index < -0.39 is 54.7 Å². The van der Waals surface area contributed by atoms with Gasteiger partial charge < -0.3 is 4.90 Å². The van der Waals surface area contributed by atoms with Crippen LogP contribution in [0.4, 0.5) is 30.2 Å². The van der Waals surface area contributed by atoms with Gasteiger partial charge in [-0.3, -0.25) is 32.6 Å². The molecule has 3 aromatic rings. The zero-order valence-electron chi connectivity index (χ0n) is 25.6. The van der Waals surface area contributed by atoms with Gasteiger partial charge in [0, 0.05) is 23.0 Å². The Bertz CT molecular complexity index is 1710. The number of benzene rings is 2. The van der Waals surface area contributed by atoms with Crippen LogP contribution in [0.2, 0.25) is 5.02 Å². The minimum atomic E-state index is -4.21. The van der Waals surface area contributed by atoms with E-state index in [2.05, 4.69) is 0 Å². The number of amides is 1. The third-order valence-corrected chi connectivity index (χ3v) is 8.79. The Morgan fingerprint density at radius 1 is 0.841 bits per heavy atom. The Labute approximate surface area is 258 Å². The Hall–Kier alpha value is -3.15. The van der Waals surface area contributed by atoms with Gasteiger partial charge in [0.05, 0.1) is 33.2 Å². The van der Waals surface area contributed by atoms with E-state index in [0.717, 1.165) is 16.7 Å². The van der Waals surface area contributed by atoms with Crippen LogP contribution in [0.25, 0.3) is 0 Å². The lowest BCUT2D eigenvalue weighted by Gasteiger charge is -2.39. The van der Waals surface area contributed by atoms with Crippen molar-refractivity contribution >= 4 is 42.4 Å². The molecule has 0 bridgehead atoms. The number of fused-ring (bicyclic) bond motifs is 1. The molecule has 1 aliphatic rings. The maximum absolute atomic E-state index is 14.6. The number of rotatable bonds is 7. The van der Waals surface area contributed by atoms with Crippen molar-refractivity contribution in [2.75, 3.05) is 16.5 Å². The van der Waals surface area contributed by atoms with Crippen molar-refractivity contribution in [2.45, 2.75) is 73.3 Å². The molecule has 238 valence electrons. The summed E-state index contributed by atoms with van der Waals surface area (Å²) in [6, 6.07) is 7.08. The molecule has 44 heavy (non-hydrogen) atoms. The molecule has 0 aliphatic carbocycles. The quantitative estimate of drug-likeness (QED) is 0.238. The Balaban J connectivity index is 1.80. The summed E-state index contributed by atoms with van der Waals surface area (Å²) in [6.07, 6.45) is 0. The fourth-order valence-electron chi connectivity index (χ4n) is 4.66. The van der Waals surface area contributed by atoms with Crippen LogP contribution in [0, 0.1) is 31.3 Å². The second kappa shape index (κ2) is 12.0. The average molecular weight is 656 g/mol. The molecular formula is C30H34ClF3N3O6P. The highest BCUT2D eigenvalue weighted by Crippen LogP contribution is 2.55. The number of aromatic nitrogens is 1. The maximum atomic E-state index is 14.6. The van der Waals surface area contributed by atoms with Gasteiger partial charge in [-0.05, 0) is 85.7 Å². The predicted octanol–water partition coefficient (Wildman–Crippen LogP) is 8.00. The van der Waals surface area contributed by atoms with Crippen LogP contribution in [-0.4, -0.2) is 28.3 Å².